The van der Waals surface area contributed by atoms with Crippen molar-refractivity contribution in [3.05, 3.63) is 18.2 Å². The van der Waals surface area contributed by atoms with Gasteiger partial charge in [-0.1, -0.05) is 0 Å². The Balaban J connectivity index is 1.23. The molecule has 0 radical (unpaired) electrons. The Labute approximate surface area is 181 Å². The number of amides is 2. The molecule has 3 aliphatic heterocycles. The van der Waals surface area contributed by atoms with E-state index in [9.17, 15) is 18.0 Å². The summed E-state index contributed by atoms with van der Waals surface area (Å²) >= 11 is 0. The molecule has 1 aromatic carbocycles. The van der Waals surface area contributed by atoms with E-state index in [2.05, 4.69) is 0 Å². The van der Waals surface area contributed by atoms with Gasteiger partial charge in [0.1, 0.15) is 19.3 Å². The Morgan fingerprint density at radius 3 is 2.29 bits per heavy atom. The maximum atomic E-state index is 13.1. The van der Waals surface area contributed by atoms with E-state index >= 15 is 0 Å². The molecule has 2 amide bonds. The predicted molar refractivity (Wildman–Crippen MR) is 110 cm³/mol. The number of benzene rings is 1. The summed E-state index contributed by atoms with van der Waals surface area (Å²) in [6.07, 6.45) is 3.37. The number of likely N-dealkylation sites (tertiary alicyclic amines) is 1. The first-order valence-electron chi connectivity index (χ1n) is 10.9. The molecule has 0 N–H and O–H groups in total. The molecule has 3 heterocycles. The molecule has 1 aliphatic carbocycles. The Bertz CT molecular complexity index is 985. The van der Waals surface area contributed by atoms with Crippen LogP contribution in [0, 0.1) is 5.92 Å². The van der Waals surface area contributed by atoms with E-state index in [1.165, 1.54) is 16.4 Å². The lowest BCUT2D eigenvalue weighted by Crippen LogP contribution is -2.55. The highest BCUT2D eigenvalue weighted by Gasteiger charge is 2.43. The van der Waals surface area contributed by atoms with Crippen LogP contribution < -0.4 is 9.47 Å². The minimum absolute atomic E-state index is 0.0529. The van der Waals surface area contributed by atoms with Crippen LogP contribution in [0.25, 0.3) is 0 Å². The second-order valence-corrected chi connectivity index (χ2v) is 10.4. The molecule has 4 aliphatic rings. The van der Waals surface area contributed by atoms with Crippen molar-refractivity contribution in [3.63, 3.8) is 0 Å². The Morgan fingerprint density at radius 1 is 0.871 bits per heavy atom. The number of ether oxygens (including phenoxy) is 2. The van der Waals surface area contributed by atoms with E-state index in [0.29, 0.717) is 50.8 Å². The van der Waals surface area contributed by atoms with Gasteiger partial charge in [0.15, 0.2) is 11.5 Å². The summed E-state index contributed by atoms with van der Waals surface area (Å²) in [5.74, 6) is 1.13. The first kappa shape index (κ1) is 20.6. The number of nitrogens with zero attached hydrogens (tertiary/aromatic N) is 3. The predicted octanol–water partition coefficient (Wildman–Crippen LogP) is 0.692. The van der Waals surface area contributed by atoms with Crippen molar-refractivity contribution >= 4 is 21.8 Å². The number of piperazine rings is 1. The molecule has 1 unspecified atom stereocenters. The standard InChI is InChI=1S/C21H27N3O6S/c25-20(15-3-4-15)24-7-1-2-17(24)21(26)22-8-10-23(11-9-22)31(27,28)16-5-6-18-19(14-16)30-13-12-29-18/h5-6,14-15,17H,1-4,7-13H2. The summed E-state index contributed by atoms with van der Waals surface area (Å²) in [5.41, 5.74) is 0. The minimum Gasteiger partial charge on any atom is -0.486 e. The third kappa shape index (κ3) is 3.87. The highest BCUT2D eigenvalue weighted by molar-refractivity contribution is 7.89. The number of rotatable bonds is 4. The van der Waals surface area contributed by atoms with Crippen molar-refractivity contribution in [2.45, 2.75) is 36.6 Å². The first-order chi connectivity index (χ1) is 14.9. The van der Waals surface area contributed by atoms with Gasteiger partial charge in [-0.05, 0) is 37.8 Å². The molecule has 31 heavy (non-hydrogen) atoms. The fraction of sp³-hybridized carbons (Fsp3) is 0.619. The van der Waals surface area contributed by atoms with Gasteiger partial charge in [0.2, 0.25) is 21.8 Å². The van der Waals surface area contributed by atoms with Crippen molar-refractivity contribution < 1.29 is 27.5 Å². The average Bonchev–Trinajstić information content (AvgIpc) is 3.54. The number of carbonyl (C=O) groups excluding carboxylic acids is 2. The lowest BCUT2D eigenvalue weighted by molar-refractivity contribution is -0.145. The molecule has 3 fully saturated rings. The summed E-state index contributed by atoms with van der Waals surface area (Å²) in [5, 5.41) is 0. The Hall–Kier alpha value is -2.33. The van der Waals surface area contributed by atoms with Gasteiger partial charge in [-0.15, -0.1) is 0 Å². The van der Waals surface area contributed by atoms with Crippen molar-refractivity contribution in [2.75, 3.05) is 45.9 Å². The SMILES string of the molecule is O=C(C1CCCN1C(=O)C1CC1)N1CCN(S(=O)(=O)c2ccc3c(c2)OCCO3)CC1. The van der Waals surface area contributed by atoms with Crippen LogP contribution in [0.5, 0.6) is 11.5 Å². The maximum Gasteiger partial charge on any atom is 0.245 e. The molecule has 1 saturated carbocycles. The largest absolute Gasteiger partial charge is 0.486 e. The molecule has 0 spiro atoms. The topological polar surface area (TPSA) is 96.5 Å². The van der Waals surface area contributed by atoms with Gasteiger partial charge < -0.3 is 19.3 Å². The first-order valence-corrected chi connectivity index (χ1v) is 12.4. The lowest BCUT2D eigenvalue weighted by atomic mass is 10.1. The second-order valence-electron chi connectivity index (χ2n) is 8.50. The molecule has 168 valence electrons. The van der Waals surface area contributed by atoms with E-state index in [0.717, 1.165) is 19.3 Å². The molecule has 1 atom stereocenters. The fourth-order valence-corrected chi connectivity index (χ4v) is 5.98. The third-order valence-electron chi connectivity index (χ3n) is 6.45. The second kappa shape index (κ2) is 7.98. The van der Waals surface area contributed by atoms with E-state index < -0.39 is 16.1 Å². The van der Waals surface area contributed by atoms with E-state index in [-0.39, 0.29) is 35.7 Å². The molecule has 1 aromatic rings. The zero-order chi connectivity index (χ0) is 21.6. The Morgan fingerprint density at radius 2 is 1.58 bits per heavy atom. The number of sulfonamides is 1. The summed E-state index contributed by atoms with van der Waals surface area (Å²) in [6.45, 7) is 2.58. The molecule has 0 bridgehead atoms. The van der Waals surface area contributed by atoms with Crippen LogP contribution in [0.1, 0.15) is 25.7 Å². The van der Waals surface area contributed by atoms with Crippen LogP contribution >= 0.6 is 0 Å². The molecular formula is C21H27N3O6S. The molecule has 2 saturated heterocycles. The quantitative estimate of drug-likeness (QED) is 0.671. The summed E-state index contributed by atoms with van der Waals surface area (Å²) in [4.78, 5) is 29.2. The zero-order valence-electron chi connectivity index (χ0n) is 17.4. The van der Waals surface area contributed by atoms with Crippen LogP contribution in [0.15, 0.2) is 23.1 Å². The normalized spacial score (nSPS) is 24.3. The maximum absolute atomic E-state index is 13.1. The number of hydrogen-bond acceptors (Lipinski definition) is 6. The lowest BCUT2D eigenvalue weighted by Gasteiger charge is -2.36. The van der Waals surface area contributed by atoms with Crippen LogP contribution in [-0.2, 0) is 19.6 Å². The number of fused-ring (bicyclic) bond motifs is 1. The molecular weight excluding hydrogens is 422 g/mol. The van der Waals surface area contributed by atoms with Crippen molar-refractivity contribution in [1.82, 2.24) is 14.1 Å². The summed E-state index contributed by atoms with van der Waals surface area (Å²) in [6, 6.07) is 4.25. The van der Waals surface area contributed by atoms with Crippen LogP contribution in [-0.4, -0.2) is 86.3 Å². The molecule has 0 aromatic heterocycles. The van der Waals surface area contributed by atoms with Crippen molar-refractivity contribution in [1.29, 1.82) is 0 Å². The highest BCUT2D eigenvalue weighted by atomic mass is 32.2. The zero-order valence-corrected chi connectivity index (χ0v) is 18.2. The monoisotopic (exact) mass is 449 g/mol. The van der Waals surface area contributed by atoms with Gasteiger partial charge in [0.25, 0.3) is 0 Å². The van der Waals surface area contributed by atoms with E-state index in [1.54, 1.807) is 15.9 Å². The average molecular weight is 450 g/mol. The number of carbonyl (C=O) groups is 2. The molecule has 5 rings (SSSR count). The van der Waals surface area contributed by atoms with Gasteiger partial charge in [0, 0.05) is 44.7 Å². The van der Waals surface area contributed by atoms with Crippen molar-refractivity contribution in [3.8, 4) is 11.5 Å². The van der Waals surface area contributed by atoms with Crippen molar-refractivity contribution in [2.24, 2.45) is 5.92 Å². The minimum atomic E-state index is -3.70. The van der Waals surface area contributed by atoms with Gasteiger partial charge in [-0.2, -0.15) is 4.31 Å². The van der Waals surface area contributed by atoms with Crippen LogP contribution in [0.2, 0.25) is 0 Å². The third-order valence-corrected chi connectivity index (χ3v) is 8.34. The van der Waals surface area contributed by atoms with E-state index in [4.69, 9.17) is 9.47 Å². The molecule has 9 nitrogen and oxygen atoms in total. The van der Waals surface area contributed by atoms with Gasteiger partial charge in [-0.3, -0.25) is 9.59 Å². The Kier molecular flexibility index (Phi) is 5.29. The van der Waals surface area contributed by atoms with E-state index in [1.807, 2.05) is 0 Å². The van der Waals surface area contributed by atoms with Gasteiger partial charge >= 0.3 is 0 Å². The summed E-state index contributed by atoms with van der Waals surface area (Å²) < 4.78 is 38.6. The highest BCUT2D eigenvalue weighted by Crippen LogP contribution is 2.35. The number of hydrogen-bond donors (Lipinski definition) is 0. The van der Waals surface area contributed by atoms with Crippen LogP contribution in [0.3, 0.4) is 0 Å². The van der Waals surface area contributed by atoms with Gasteiger partial charge in [-0.25, -0.2) is 8.42 Å². The fourth-order valence-electron chi connectivity index (χ4n) is 4.54. The summed E-state index contributed by atoms with van der Waals surface area (Å²) in [7, 11) is -3.70. The van der Waals surface area contributed by atoms with Gasteiger partial charge in [0.05, 0.1) is 4.90 Å². The smallest absolute Gasteiger partial charge is 0.245 e. The van der Waals surface area contributed by atoms with Crippen LogP contribution in [0.4, 0.5) is 0 Å². The molecule has 10 heteroatoms.